The van der Waals surface area contributed by atoms with E-state index in [0.29, 0.717) is 11.2 Å². The highest BCUT2D eigenvalue weighted by Gasteiger charge is 2.54. The Morgan fingerprint density at radius 1 is 0.800 bits per heavy atom. The molecule has 0 aromatic carbocycles. The Labute approximate surface area is 92.6 Å². The fourth-order valence-electron chi connectivity index (χ4n) is 4.57. The van der Waals surface area contributed by atoms with Gasteiger partial charge in [0.1, 0.15) is 5.78 Å². The van der Waals surface area contributed by atoms with Gasteiger partial charge in [-0.2, -0.15) is 0 Å². The molecule has 0 N–H and O–H groups in total. The van der Waals surface area contributed by atoms with Gasteiger partial charge in [0.2, 0.25) is 0 Å². The summed E-state index contributed by atoms with van der Waals surface area (Å²) in [7, 11) is 0. The number of ketones is 1. The highest BCUT2D eigenvalue weighted by Crippen LogP contribution is 2.59. The number of carbonyl (C=O) groups excluding carboxylic acids is 1. The Bertz CT molecular complexity index is 267. The lowest BCUT2D eigenvalue weighted by Crippen LogP contribution is -2.28. The van der Waals surface area contributed by atoms with E-state index in [1.54, 1.807) is 0 Å². The summed E-state index contributed by atoms with van der Waals surface area (Å²) in [6.45, 7) is 0. The number of carbonyl (C=O) groups is 1. The number of hydrogen-bond donors (Lipinski definition) is 0. The number of rotatable bonds is 0. The van der Waals surface area contributed by atoms with Crippen molar-refractivity contribution in [3.8, 4) is 0 Å². The summed E-state index contributed by atoms with van der Waals surface area (Å²) in [4.78, 5) is 12.3. The van der Waals surface area contributed by atoms with Crippen LogP contribution in [0.2, 0.25) is 0 Å². The van der Waals surface area contributed by atoms with Gasteiger partial charge < -0.3 is 0 Å². The summed E-state index contributed by atoms with van der Waals surface area (Å²) in [5, 5.41) is 0. The van der Waals surface area contributed by atoms with Crippen LogP contribution in [0.5, 0.6) is 0 Å². The first-order valence-corrected chi connectivity index (χ1v) is 6.78. The topological polar surface area (TPSA) is 17.1 Å². The third-order valence-electron chi connectivity index (χ3n) is 5.32. The van der Waals surface area contributed by atoms with E-state index < -0.39 is 0 Å². The van der Waals surface area contributed by atoms with Gasteiger partial charge in [-0.3, -0.25) is 4.79 Å². The molecule has 3 saturated carbocycles. The van der Waals surface area contributed by atoms with Crippen molar-refractivity contribution in [2.45, 2.75) is 70.6 Å². The van der Waals surface area contributed by atoms with Gasteiger partial charge in [0.15, 0.2) is 0 Å². The predicted octanol–water partition coefficient (Wildman–Crippen LogP) is 3.86. The molecule has 3 aliphatic carbocycles. The van der Waals surface area contributed by atoms with Crippen molar-refractivity contribution in [1.29, 1.82) is 0 Å². The molecule has 2 spiro atoms. The molecule has 1 heteroatoms. The Kier molecular flexibility index (Phi) is 2.19. The lowest BCUT2D eigenvalue weighted by atomic mass is 9.70. The highest BCUT2D eigenvalue weighted by atomic mass is 16.1. The minimum absolute atomic E-state index is 0.169. The Morgan fingerprint density at radius 2 is 1.40 bits per heavy atom. The number of Topliss-reactive ketones (excluding diaryl/α,β-unsaturated/α-hetero) is 1. The van der Waals surface area contributed by atoms with Crippen LogP contribution in [0.3, 0.4) is 0 Å². The molecule has 3 fully saturated rings. The van der Waals surface area contributed by atoms with Gasteiger partial charge in [0.25, 0.3) is 0 Å². The monoisotopic (exact) mass is 206 g/mol. The van der Waals surface area contributed by atoms with Crippen molar-refractivity contribution in [3.05, 3.63) is 0 Å². The quantitative estimate of drug-likeness (QED) is 0.588. The maximum atomic E-state index is 12.3. The third kappa shape index (κ3) is 1.46. The Morgan fingerprint density at radius 3 is 2.07 bits per heavy atom. The first kappa shape index (κ1) is 9.86. The molecule has 0 aliphatic heterocycles. The van der Waals surface area contributed by atoms with E-state index in [4.69, 9.17) is 0 Å². The Balaban J connectivity index is 1.83. The fourth-order valence-corrected chi connectivity index (χ4v) is 4.57. The molecule has 15 heavy (non-hydrogen) atoms. The molecule has 0 atom stereocenters. The van der Waals surface area contributed by atoms with Gasteiger partial charge >= 0.3 is 0 Å². The van der Waals surface area contributed by atoms with Crippen LogP contribution in [0.25, 0.3) is 0 Å². The molecular formula is C14H22O. The van der Waals surface area contributed by atoms with E-state index in [1.807, 2.05) is 0 Å². The van der Waals surface area contributed by atoms with Crippen molar-refractivity contribution in [3.63, 3.8) is 0 Å². The summed E-state index contributed by atoms with van der Waals surface area (Å²) < 4.78 is 0. The van der Waals surface area contributed by atoms with E-state index in [9.17, 15) is 4.79 Å². The van der Waals surface area contributed by atoms with Crippen LogP contribution in [0.15, 0.2) is 0 Å². The fraction of sp³-hybridized carbons (Fsp3) is 0.929. The molecule has 84 valence electrons. The second-order valence-corrected chi connectivity index (χ2v) is 6.32. The van der Waals surface area contributed by atoms with Crippen LogP contribution in [-0.4, -0.2) is 5.78 Å². The molecule has 0 aromatic rings. The minimum Gasteiger partial charge on any atom is -0.299 e. The number of hydrogen-bond acceptors (Lipinski definition) is 1. The molecule has 0 aromatic heterocycles. The van der Waals surface area contributed by atoms with Crippen LogP contribution in [0.4, 0.5) is 0 Å². The molecule has 1 nitrogen and oxygen atoms in total. The summed E-state index contributed by atoms with van der Waals surface area (Å²) in [6.07, 6.45) is 14.1. The smallest absolute Gasteiger partial charge is 0.139 e. The Hall–Kier alpha value is -0.330. The molecule has 0 radical (unpaired) electrons. The third-order valence-corrected chi connectivity index (χ3v) is 5.32. The first-order valence-electron chi connectivity index (χ1n) is 6.78. The SMILES string of the molecule is O=C1CC2(CCCC2)CC12CCCCC2. The molecule has 0 unspecified atom stereocenters. The zero-order valence-corrected chi connectivity index (χ0v) is 9.69. The second-order valence-electron chi connectivity index (χ2n) is 6.32. The van der Waals surface area contributed by atoms with Gasteiger partial charge in [-0.05, 0) is 37.5 Å². The molecule has 0 bridgehead atoms. The molecular weight excluding hydrogens is 184 g/mol. The van der Waals surface area contributed by atoms with E-state index >= 15 is 0 Å². The predicted molar refractivity (Wildman–Crippen MR) is 60.7 cm³/mol. The standard InChI is InChI=1S/C14H22O/c15-12-10-13(6-4-5-7-13)11-14(12)8-2-1-3-9-14/h1-11H2. The van der Waals surface area contributed by atoms with Crippen molar-refractivity contribution < 1.29 is 4.79 Å². The first-order chi connectivity index (χ1) is 7.25. The van der Waals surface area contributed by atoms with Crippen molar-refractivity contribution >= 4 is 5.78 Å². The van der Waals surface area contributed by atoms with Crippen molar-refractivity contribution in [2.75, 3.05) is 0 Å². The highest BCUT2D eigenvalue weighted by molar-refractivity contribution is 5.88. The van der Waals surface area contributed by atoms with Crippen LogP contribution in [-0.2, 0) is 4.79 Å². The molecule has 0 saturated heterocycles. The molecule has 3 rings (SSSR count). The normalized spacial score (nSPS) is 32.9. The summed E-state index contributed by atoms with van der Waals surface area (Å²) in [5.74, 6) is 0.643. The van der Waals surface area contributed by atoms with E-state index in [-0.39, 0.29) is 5.41 Å². The van der Waals surface area contributed by atoms with Crippen LogP contribution in [0, 0.1) is 10.8 Å². The molecule has 0 amide bonds. The second kappa shape index (κ2) is 3.33. The lowest BCUT2D eigenvalue weighted by Gasteiger charge is -2.33. The maximum Gasteiger partial charge on any atom is 0.139 e. The largest absolute Gasteiger partial charge is 0.299 e. The summed E-state index contributed by atoms with van der Waals surface area (Å²) >= 11 is 0. The van der Waals surface area contributed by atoms with Gasteiger partial charge in [-0.15, -0.1) is 0 Å². The van der Waals surface area contributed by atoms with Gasteiger partial charge in [0, 0.05) is 11.8 Å². The van der Waals surface area contributed by atoms with E-state index in [1.165, 1.54) is 64.2 Å². The average molecular weight is 206 g/mol. The van der Waals surface area contributed by atoms with Gasteiger partial charge in [0.05, 0.1) is 0 Å². The maximum absolute atomic E-state index is 12.3. The zero-order valence-electron chi connectivity index (χ0n) is 9.69. The zero-order chi connectivity index (χ0) is 10.4. The van der Waals surface area contributed by atoms with Crippen LogP contribution >= 0.6 is 0 Å². The van der Waals surface area contributed by atoms with E-state index in [2.05, 4.69) is 0 Å². The molecule has 0 heterocycles. The minimum atomic E-state index is 0.169. The van der Waals surface area contributed by atoms with Crippen LogP contribution in [0.1, 0.15) is 70.6 Å². The van der Waals surface area contributed by atoms with Gasteiger partial charge in [-0.25, -0.2) is 0 Å². The summed E-state index contributed by atoms with van der Waals surface area (Å²) in [5.41, 5.74) is 0.650. The van der Waals surface area contributed by atoms with Crippen molar-refractivity contribution in [2.24, 2.45) is 10.8 Å². The molecule has 3 aliphatic rings. The van der Waals surface area contributed by atoms with Gasteiger partial charge in [-0.1, -0.05) is 32.1 Å². The summed E-state index contributed by atoms with van der Waals surface area (Å²) in [6, 6.07) is 0. The van der Waals surface area contributed by atoms with Crippen LogP contribution < -0.4 is 0 Å². The van der Waals surface area contributed by atoms with E-state index in [0.717, 1.165) is 6.42 Å². The van der Waals surface area contributed by atoms with Crippen molar-refractivity contribution in [1.82, 2.24) is 0 Å². The lowest BCUT2D eigenvalue weighted by molar-refractivity contribution is -0.127. The average Bonchev–Trinajstić information content (AvgIpc) is 2.76.